The Kier molecular flexibility index (Phi) is 4.19. The lowest BCUT2D eigenvalue weighted by Gasteiger charge is -2.29. The zero-order valence-corrected chi connectivity index (χ0v) is 8.46. The molecule has 74 valence electrons. The van der Waals surface area contributed by atoms with Crippen LogP contribution < -0.4 is 0 Å². The van der Waals surface area contributed by atoms with Gasteiger partial charge in [-0.3, -0.25) is 0 Å². The minimum absolute atomic E-state index is 0. The van der Waals surface area contributed by atoms with E-state index in [2.05, 4.69) is 58.0 Å². The molecule has 1 aromatic carbocycles. The van der Waals surface area contributed by atoms with Crippen LogP contribution >= 0.6 is 0 Å². The second kappa shape index (κ2) is 4.45. The molecule has 0 saturated heterocycles. The zero-order valence-electron chi connectivity index (χ0n) is 8.46. The summed E-state index contributed by atoms with van der Waals surface area (Å²) < 4.78 is 0. The summed E-state index contributed by atoms with van der Waals surface area (Å²) in [6.07, 6.45) is 0. The molecular formula is C13H22. The first kappa shape index (κ1) is 12.2. The van der Waals surface area contributed by atoms with E-state index in [-0.39, 0.29) is 7.43 Å². The van der Waals surface area contributed by atoms with Crippen LogP contribution in [0, 0.1) is 5.92 Å². The topological polar surface area (TPSA) is 0 Å². The van der Waals surface area contributed by atoms with E-state index >= 15 is 0 Å². The van der Waals surface area contributed by atoms with Crippen LogP contribution in [0.1, 0.15) is 40.7 Å². The smallest absolute Gasteiger partial charge is 0.00806 e. The highest BCUT2D eigenvalue weighted by atomic mass is 14.3. The lowest BCUT2D eigenvalue weighted by atomic mass is 9.75. The Bertz CT molecular complexity index is 231. The van der Waals surface area contributed by atoms with E-state index in [1.54, 1.807) is 0 Å². The first-order chi connectivity index (χ1) is 5.55. The average Bonchev–Trinajstić information content (AvgIpc) is 2.06. The third kappa shape index (κ3) is 2.58. The molecule has 0 bridgehead atoms. The molecule has 0 aromatic heterocycles. The van der Waals surface area contributed by atoms with Gasteiger partial charge in [0.15, 0.2) is 0 Å². The Hall–Kier alpha value is -0.780. The summed E-state index contributed by atoms with van der Waals surface area (Å²) in [4.78, 5) is 0. The monoisotopic (exact) mass is 178 g/mol. The minimum atomic E-state index is 0. The largest absolute Gasteiger partial charge is 0.0776 e. The summed E-state index contributed by atoms with van der Waals surface area (Å²) in [7, 11) is 0. The third-order valence-electron chi connectivity index (χ3n) is 2.96. The summed E-state index contributed by atoms with van der Waals surface area (Å²) in [6.45, 7) is 9.14. The van der Waals surface area contributed by atoms with Crippen molar-refractivity contribution < 1.29 is 0 Å². The van der Waals surface area contributed by atoms with Crippen molar-refractivity contribution in [2.45, 2.75) is 40.5 Å². The highest BCUT2D eigenvalue weighted by Crippen LogP contribution is 2.30. The van der Waals surface area contributed by atoms with Gasteiger partial charge in [-0.25, -0.2) is 0 Å². The summed E-state index contributed by atoms with van der Waals surface area (Å²) in [6, 6.07) is 10.7. The first-order valence-electron chi connectivity index (χ1n) is 4.60. The van der Waals surface area contributed by atoms with E-state index in [1.807, 2.05) is 0 Å². The van der Waals surface area contributed by atoms with Crippen molar-refractivity contribution in [3.05, 3.63) is 35.9 Å². The summed E-state index contributed by atoms with van der Waals surface area (Å²) in [5, 5.41) is 0. The van der Waals surface area contributed by atoms with Crippen LogP contribution in [-0.4, -0.2) is 0 Å². The standard InChI is InChI=1S/C12H18.CH4/c1-10(2)12(3,4)11-8-6-5-7-9-11;/h5-10H,1-4H3;1H4. The highest BCUT2D eigenvalue weighted by molar-refractivity contribution is 5.23. The Morgan fingerprint density at radius 3 is 1.85 bits per heavy atom. The molecule has 0 N–H and O–H groups in total. The van der Waals surface area contributed by atoms with Crippen molar-refractivity contribution in [1.82, 2.24) is 0 Å². The summed E-state index contributed by atoms with van der Waals surface area (Å²) in [5.41, 5.74) is 1.72. The van der Waals surface area contributed by atoms with Gasteiger partial charge in [-0.15, -0.1) is 0 Å². The lowest BCUT2D eigenvalue weighted by Crippen LogP contribution is -2.23. The van der Waals surface area contributed by atoms with E-state index in [4.69, 9.17) is 0 Å². The van der Waals surface area contributed by atoms with Crippen LogP contribution in [0.5, 0.6) is 0 Å². The quantitative estimate of drug-likeness (QED) is 0.635. The first-order valence-corrected chi connectivity index (χ1v) is 4.60. The zero-order chi connectivity index (χ0) is 9.19. The minimum Gasteiger partial charge on any atom is -0.0776 e. The maximum absolute atomic E-state index is 2.30. The van der Waals surface area contributed by atoms with Gasteiger partial charge in [0.25, 0.3) is 0 Å². The molecule has 0 nitrogen and oxygen atoms in total. The molecule has 1 aromatic rings. The molecule has 0 heterocycles. The molecule has 0 spiro atoms. The highest BCUT2D eigenvalue weighted by Gasteiger charge is 2.23. The average molecular weight is 178 g/mol. The maximum atomic E-state index is 2.30. The van der Waals surface area contributed by atoms with E-state index in [0.717, 1.165) is 0 Å². The molecule has 13 heavy (non-hydrogen) atoms. The van der Waals surface area contributed by atoms with Crippen molar-refractivity contribution in [3.63, 3.8) is 0 Å². The van der Waals surface area contributed by atoms with Crippen LogP contribution in [0.2, 0.25) is 0 Å². The van der Waals surface area contributed by atoms with Gasteiger partial charge in [0, 0.05) is 0 Å². The Morgan fingerprint density at radius 2 is 1.46 bits per heavy atom. The van der Waals surface area contributed by atoms with E-state index in [0.29, 0.717) is 11.3 Å². The fourth-order valence-corrected chi connectivity index (χ4v) is 1.20. The van der Waals surface area contributed by atoms with Gasteiger partial charge in [-0.1, -0.05) is 65.5 Å². The molecule has 1 rings (SSSR count). The predicted octanol–water partition coefficient (Wildman–Crippen LogP) is 4.26. The maximum Gasteiger partial charge on any atom is -0.00806 e. The van der Waals surface area contributed by atoms with E-state index in [1.165, 1.54) is 5.56 Å². The molecule has 0 radical (unpaired) electrons. The molecule has 0 unspecified atom stereocenters. The van der Waals surface area contributed by atoms with Crippen molar-refractivity contribution >= 4 is 0 Å². The van der Waals surface area contributed by atoms with Crippen molar-refractivity contribution in [1.29, 1.82) is 0 Å². The number of benzene rings is 1. The van der Waals surface area contributed by atoms with Gasteiger partial charge < -0.3 is 0 Å². The number of hydrogen-bond acceptors (Lipinski definition) is 0. The van der Waals surface area contributed by atoms with Gasteiger partial charge in [-0.05, 0) is 16.9 Å². The fourth-order valence-electron chi connectivity index (χ4n) is 1.20. The van der Waals surface area contributed by atoms with Crippen molar-refractivity contribution in [2.24, 2.45) is 5.92 Å². The molecule has 0 atom stereocenters. The predicted molar refractivity (Wildman–Crippen MR) is 61.0 cm³/mol. The van der Waals surface area contributed by atoms with Gasteiger partial charge in [0.05, 0.1) is 0 Å². The second-order valence-corrected chi connectivity index (χ2v) is 4.24. The molecule has 0 aliphatic heterocycles. The molecule has 0 aliphatic carbocycles. The van der Waals surface area contributed by atoms with Crippen LogP contribution in [0.25, 0.3) is 0 Å². The Labute approximate surface area is 83.0 Å². The Balaban J connectivity index is 0.00000144. The van der Waals surface area contributed by atoms with Crippen LogP contribution in [0.3, 0.4) is 0 Å². The van der Waals surface area contributed by atoms with Gasteiger partial charge >= 0.3 is 0 Å². The lowest BCUT2D eigenvalue weighted by molar-refractivity contribution is 0.372. The Morgan fingerprint density at radius 1 is 1.00 bits per heavy atom. The SMILES string of the molecule is C.CC(C)C(C)(C)c1ccccc1. The molecule has 0 fully saturated rings. The van der Waals surface area contributed by atoms with Crippen LogP contribution in [0.15, 0.2) is 30.3 Å². The van der Waals surface area contributed by atoms with Crippen molar-refractivity contribution in [3.8, 4) is 0 Å². The van der Waals surface area contributed by atoms with Crippen LogP contribution in [0.4, 0.5) is 0 Å². The van der Waals surface area contributed by atoms with E-state index < -0.39 is 0 Å². The molecule has 0 saturated carbocycles. The number of hydrogen-bond donors (Lipinski definition) is 0. The summed E-state index contributed by atoms with van der Waals surface area (Å²) >= 11 is 0. The van der Waals surface area contributed by atoms with Gasteiger partial charge in [0.1, 0.15) is 0 Å². The molecule has 0 heteroatoms. The van der Waals surface area contributed by atoms with Crippen LogP contribution in [-0.2, 0) is 5.41 Å². The van der Waals surface area contributed by atoms with E-state index in [9.17, 15) is 0 Å². The second-order valence-electron chi connectivity index (χ2n) is 4.24. The number of rotatable bonds is 2. The molecular weight excluding hydrogens is 156 g/mol. The molecule has 0 aliphatic rings. The van der Waals surface area contributed by atoms with Gasteiger partial charge in [0.2, 0.25) is 0 Å². The van der Waals surface area contributed by atoms with Gasteiger partial charge in [-0.2, -0.15) is 0 Å². The fraction of sp³-hybridized carbons (Fsp3) is 0.538. The molecule has 0 amide bonds. The normalized spacial score (nSPS) is 11.2. The summed E-state index contributed by atoms with van der Waals surface area (Å²) in [5.74, 6) is 0.680. The third-order valence-corrected chi connectivity index (χ3v) is 2.96. The van der Waals surface area contributed by atoms with Crippen molar-refractivity contribution in [2.75, 3.05) is 0 Å².